The fourth-order valence-electron chi connectivity index (χ4n) is 1.49. The zero-order chi connectivity index (χ0) is 15.8. The minimum atomic E-state index is -0.972. The zero-order valence-corrected chi connectivity index (χ0v) is 12.8. The van der Waals surface area contributed by atoms with Crippen LogP contribution >= 0.6 is 12.4 Å². The van der Waals surface area contributed by atoms with E-state index in [0.29, 0.717) is 0 Å². The number of hydrogen-bond donors (Lipinski definition) is 2. The van der Waals surface area contributed by atoms with Crippen molar-refractivity contribution in [2.24, 2.45) is 5.73 Å². The first kappa shape index (κ1) is 18.3. The van der Waals surface area contributed by atoms with Crippen molar-refractivity contribution in [2.45, 2.75) is 6.61 Å². The Hall–Kier alpha value is -2.71. The van der Waals surface area contributed by atoms with Crippen LogP contribution in [0.4, 0.5) is 4.79 Å². The summed E-state index contributed by atoms with van der Waals surface area (Å²) >= 11 is 0. The van der Waals surface area contributed by atoms with Crippen molar-refractivity contribution >= 4 is 24.4 Å². The quantitative estimate of drug-likeness (QED) is 0.836. The summed E-state index contributed by atoms with van der Waals surface area (Å²) in [6.07, 6.45) is 3.77. The molecule has 2 amide bonds. The summed E-state index contributed by atoms with van der Waals surface area (Å²) in [5.41, 5.74) is 5.94. The Bertz CT molecular complexity index is 654. The monoisotopic (exact) mass is 338 g/mol. The summed E-state index contributed by atoms with van der Waals surface area (Å²) < 4.78 is 10.5. The van der Waals surface area contributed by atoms with Crippen molar-refractivity contribution in [3.8, 4) is 11.6 Å². The van der Waals surface area contributed by atoms with Crippen molar-refractivity contribution in [3.05, 3.63) is 48.4 Å². The van der Waals surface area contributed by atoms with Gasteiger partial charge in [0, 0.05) is 24.2 Å². The van der Waals surface area contributed by atoms with E-state index < -0.39 is 12.0 Å². The van der Waals surface area contributed by atoms with Crippen molar-refractivity contribution in [1.82, 2.24) is 15.3 Å². The van der Waals surface area contributed by atoms with Gasteiger partial charge in [0.1, 0.15) is 6.61 Å². The standard InChI is InChI=1S/C14H14N4O4.ClH/c15-7-12(19)18-14(20)22-13-11(4-2-6-17-13)21-9-10-3-1-5-16-8-10;/h1-6,8H,7,9,15H2,(H,18,19,20);1H. The van der Waals surface area contributed by atoms with Crippen molar-refractivity contribution in [3.63, 3.8) is 0 Å². The first-order valence-corrected chi connectivity index (χ1v) is 6.37. The first-order chi connectivity index (χ1) is 10.7. The average molecular weight is 339 g/mol. The molecule has 122 valence electrons. The van der Waals surface area contributed by atoms with Crippen LogP contribution < -0.4 is 20.5 Å². The molecule has 0 fully saturated rings. The Balaban J connectivity index is 0.00000264. The van der Waals surface area contributed by atoms with E-state index in [1.54, 1.807) is 30.6 Å². The highest BCUT2D eigenvalue weighted by Crippen LogP contribution is 2.24. The number of carbonyl (C=O) groups excluding carboxylic acids is 2. The van der Waals surface area contributed by atoms with E-state index >= 15 is 0 Å². The lowest BCUT2D eigenvalue weighted by Gasteiger charge is -2.10. The second kappa shape index (κ2) is 9.34. The lowest BCUT2D eigenvalue weighted by molar-refractivity contribution is -0.118. The molecular weight excluding hydrogens is 324 g/mol. The van der Waals surface area contributed by atoms with Gasteiger partial charge in [-0.15, -0.1) is 12.4 Å². The van der Waals surface area contributed by atoms with Gasteiger partial charge in [0.25, 0.3) is 5.88 Å². The molecule has 2 rings (SSSR count). The van der Waals surface area contributed by atoms with Crippen LogP contribution in [0.3, 0.4) is 0 Å². The number of nitrogens with zero attached hydrogens (tertiary/aromatic N) is 2. The number of aromatic nitrogens is 2. The van der Waals surface area contributed by atoms with Gasteiger partial charge in [-0.1, -0.05) is 6.07 Å². The molecule has 0 aromatic carbocycles. The van der Waals surface area contributed by atoms with Crippen LogP contribution in [0.25, 0.3) is 0 Å². The number of nitrogens with one attached hydrogen (secondary N) is 1. The van der Waals surface area contributed by atoms with Gasteiger partial charge in [-0.05, 0) is 18.2 Å². The molecule has 0 radical (unpaired) electrons. The number of pyridine rings is 2. The van der Waals surface area contributed by atoms with Crippen LogP contribution in [-0.2, 0) is 11.4 Å². The molecular formula is C14H15ClN4O4. The van der Waals surface area contributed by atoms with Crippen molar-refractivity contribution in [1.29, 1.82) is 0 Å². The largest absolute Gasteiger partial charge is 0.483 e. The molecule has 0 aliphatic heterocycles. The number of imide groups is 1. The number of ether oxygens (including phenoxy) is 2. The molecule has 2 heterocycles. The Morgan fingerprint density at radius 3 is 2.70 bits per heavy atom. The molecule has 2 aromatic heterocycles. The highest BCUT2D eigenvalue weighted by molar-refractivity contribution is 5.93. The third kappa shape index (κ3) is 5.89. The molecule has 0 saturated heterocycles. The number of nitrogens with two attached hydrogens (primary N) is 1. The highest BCUT2D eigenvalue weighted by atomic mass is 35.5. The van der Waals surface area contributed by atoms with E-state index in [1.807, 2.05) is 11.4 Å². The zero-order valence-electron chi connectivity index (χ0n) is 12.0. The summed E-state index contributed by atoms with van der Waals surface area (Å²) in [5, 5.41) is 1.95. The summed E-state index contributed by atoms with van der Waals surface area (Å²) in [6, 6.07) is 6.85. The van der Waals surface area contributed by atoms with Crippen molar-refractivity contribution < 1.29 is 19.1 Å². The lowest BCUT2D eigenvalue weighted by Crippen LogP contribution is -2.37. The minimum absolute atomic E-state index is 0. The highest BCUT2D eigenvalue weighted by Gasteiger charge is 2.13. The Morgan fingerprint density at radius 1 is 1.22 bits per heavy atom. The topological polar surface area (TPSA) is 116 Å². The van der Waals surface area contributed by atoms with E-state index in [-0.39, 0.29) is 37.2 Å². The van der Waals surface area contributed by atoms with Gasteiger partial charge in [0.05, 0.1) is 6.54 Å². The summed E-state index contributed by atoms with van der Waals surface area (Å²) in [5.74, 6) is -0.436. The van der Waals surface area contributed by atoms with Crippen LogP contribution in [0, 0.1) is 0 Å². The van der Waals surface area contributed by atoms with Gasteiger partial charge < -0.3 is 15.2 Å². The van der Waals surface area contributed by atoms with E-state index in [2.05, 4.69) is 9.97 Å². The Kier molecular flexibility index (Phi) is 7.44. The van der Waals surface area contributed by atoms with Gasteiger partial charge in [0.2, 0.25) is 5.91 Å². The first-order valence-electron chi connectivity index (χ1n) is 6.37. The maximum Gasteiger partial charge on any atom is 0.420 e. The lowest BCUT2D eigenvalue weighted by atomic mass is 10.3. The predicted molar refractivity (Wildman–Crippen MR) is 83.3 cm³/mol. The number of carbonyl (C=O) groups is 2. The fourth-order valence-corrected chi connectivity index (χ4v) is 1.49. The summed E-state index contributed by atoms with van der Waals surface area (Å²) in [6.45, 7) is -0.0824. The third-order valence-corrected chi connectivity index (χ3v) is 2.47. The average Bonchev–Trinajstić information content (AvgIpc) is 2.54. The molecule has 0 unspecified atom stereocenters. The normalized spacial score (nSPS) is 9.43. The molecule has 0 saturated carbocycles. The SMILES string of the molecule is Cl.NCC(=O)NC(=O)Oc1ncccc1OCc1cccnc1. The van der Waals surface area contributed by atoms with E-state index in [0.717, 1.165) is 5.56 Å². The smallest absolute Gasteiger partial charge is 0.420 e. The molecule has 3 N–H and O–H groups in total. The third-order valence-electron chi connectivity index (χ3n) is 2.47. The molecule has 23 heavy (non-hydrogen) atoms. The molecule has 0 spiro atoms. The van der Waals surface area contributed by atoms with Gasteiger partial charge in [-0.2, -0.15) is 0 Å². The molecule has 2 aromatic rings. The maximum absolute atomic E-state index is 11.5. The molecule has 0 bridgehead atoms. The second-order valence-corrected chi connectivity index (χ2v) is 4.10. The fraction of sp³-hybridized carbons (Fsp3) is 0.143. The number of hydrogen-bond acceptors (Lipinski definition) is 7. The molecule has 0 aliphatic rings. The van der Waals surface area contributed by atoms with Gasteiger partial charge >= 0.3 is 6.09 Å². The van der Waals surface area contributed by atoms with E-state index in [4.69, 9.17) is 15.2 Å². The number of amides is 2. The number of rotatable bonds is 5. The Labute approximate surface area is 138 Å². The van der Waals surface area contributed by atoms with Crippen LogP contribution in [0.1, 0.15) is 5.56 Å². The molecule has 9 heteroatoms. The summed E-state index contributed by atoms with van der Waals surface area (Å²) in [7, 11) is 0. The van der Waals surface area contributed by atoms with E-state index in [9.17, 15) is 9.59 Å². The van der Waals surface area contributed by atoms with Gasteiger partial charge in [-0.25, -0.2) is 9.78 Å². The number of halogens is 1. The van der Waals surface area contributed by atoms with Crippen LogP contribution in [0.15, 0.2) is 42.9 Å². The molecule has 8 nitrogen and oxygen atoms in total. The van der Waals surface area contributed by atoms with Gasteiger partial charge in [0.15, 0.2) is 5.75 Å². The predicted octanol–water partition coefficient (Wildman–Crippen LogP) is 1.05. The molecule has 0 aliphatic carbocycles. The summed E-state index contributed by atoms with van der Waals surface area (Å²) in [4.78, 5) is 30.4. The molecule has 0 atom stereocenters. The van der Waals surface area contributed by atoms with Crippen LogP contribution in [0.5, 0.6) is 11.6 Å². The van der Waals surface area contributed by atoms with Crippen LogP contribution in [-0.4, -0.2) is 28.5 Å². The van der Waals surface area contributed by atoms with Crippen molar-refractivity contribution in [2.75, 3.05) is 6.54 Å². The van der Waals surface area contributed by atoms with E-state index in [1.165, 1.54) is 6.20 Å². The maximum atomic E-state index is 11.5. The van der Waals surface area contributed by atoms with Gasteiger partial charge in [-0.3, -0.25) is 15.1 Å². The van der Waals surface area contributed by atoms with Crippen LogP contribution in [0.2, 0.25) is 0 Å². The minimum Gasteiger partial charge on any atom is -0.483 e. The second-order valence-electron chi connectivity index (χ2n) is 4.10. The Morgan fingerprint density at radius 2 is 2.00 bits per heavy atom.